The maximum Gasteiger partial charge on any atom is 5.00 e. The fraction of sp³-hybridized carbons (Fsp3) is 0.462. The number of carboxylic acid groups (broad SMARTS) is 5. The maximum atomic E-state index is 11.0. The smallest absolute Gasteiger partial charge is 0.545 e. The minimum absolute atomic E-state index is 0. The number of carbonyl (C=O) groups excluding carboxylic acids is 5. The molecule has 0 aromatic heterocycles. The van der Waals surface area contributed by atoms with E-state index in [4.69, 9.17) is 23.7 Å². The topological polar surface area (TPSA) is 247 Å². The van der Waals surface area contributed by atoms with Crippen LogP contribution in [0.4, 0.5) is 0 Å². The Morgan fingerprint density at radius 2 is 0.383 bits per heavy atom. The van der Waals surface area contributed by atoms with Crippen molar-refractivity contribution in [3.8, 4) is 28.7 Å². The van der Waals surface area contributed by atoms with Crippen molar-refractivity contribution < 1.29 is 91.7 Å². The van der Waals surface area contributed by atoms with Crippen LogP contribution in [-0.4, -0.2) is 60.4 Å². The molecule has 15 nitrogen and oxygen atoms in total. The summed E-state index contributed by atoms with van der Waals surface area (Å²) >= 11 is 0. The van der Waals surface area contributed by atoms with E-state index >= 15 is 0 Å². The molecule has 0 bridgehead atoms. The van der Waals surface area contributed by atoms with Crippen LogP contribution in [0.15, 0.2) is 91.0 Å². The number of hydrogen-bond acceptors (Lipinski definition) is 15. The molecule has 0 aliphatic heterocycles. The first-order chi connectivity index (χ1) is 37.2. The molecular formula is C65H85O15V. The third-order valence-electron chi connectivity index (χ3n) is 11.2. The molecule has 0 saturated carbocycles. The fourth-order valence-electron chi connectivity index (χ4n) is 7.69. The molecule has 16 heteroatoms. The first-order valence-electron chi connectivity index (χ1n) is 27.2. The fourth-order valence-corrected chi connectivity index (χ4v) is 7.69. The van der Waals surface area contributed by atoms with Crippen LogP contribution in [0.3, 0.4) is 0 Å². The molecule has 5 rings (SSSR count). The summed E-state index contributed by atoms with van der Waals surface area (Å²) in [5.74, 6) is -2.71. The number of carboxylic acids is 5. The number of rotatable bonds is 20. The van der Waals surface area contributed by atoms with Crippen molar-refractivity contribution >= 4 is 29.8 Å². The molecule has 81 heavy (non-hydrogen) atoms. The predicted octanol–water partition coefficient (Wildman–Crippen LogP) is 9.80. The number of benzene rings is 5. The molecule has 5 aromatic rings. The van der Waals surface area contributed by atoms with E-state index in [0.29, 0.717) is 28.7 Å². The third kappa shape index (κ3) is 24.3. The second-order valence-electron chi connectivity index (χ2n) is 21.7. The van der Waals surface area contributed by atoms with Gasteiger partial charge in [-0.15, -0.1) is 0 Å². The minimum Gasteiger partial charge on any atom is -0.545 e. The van der Waals surface area contributed by atoms with Crippen molar-refractivity contribution in [3.05, 3.63) is 147 Å². The molecule has 0 saturated heterocycles. The Kier molecular flexibility index (Phi) is 32.6. The van der Waals surface area contributed by atoms with Crippen molar-refractivity contribution in [2.75, 3.05) is 0 Å². The average molecular weight is 1160 g/mol. The van der Waals surface area contributed by atoms with E-state index in [1.165, 1.54) is 30.3 Å². The number of para-hydroxylation sites is 5. The molecule has 0 spiro atoms. The van der Waals surface area contributed by atoms with Crippen molar-refractivity contribution in [1.82, 2.24) is 0 Å². The first kappa shape index (κ1) is 74.0. The zero-order valence-electron chi connectivity index (χ0n) is 51.0. The van der Waals surface area contributed by atoms with Gasteiger partial charge >= 0.3 is 18.6 Å². The number of ether oxygens (including phenoxy) is 5. The summed E-state index contributed by atoms with van der Waals surface area (Å²) < 4.78 is 27.9. The van der Waals surface area contributed by atoms with Crippen LogP contribution in [0, 0.1) is 0 Å². The molecule has 0 radical (unpaired) electrons. The van der Waals surface area contributed by atoms with Crippen LogP contribution in [0.1, 0.15) is 248 Å². The van der Waals surface area contributed by atoms with Crippen LogP contribution in [-0.2, 0) is 18.6 Å². The van der Waals surface area contributed by atoms with Crippen molar-refractivity contribution in [2.24, 2.45) is 0 Å². The SMILES string of the molecule is CC(C)Oc1c(C(=O)[O-])cccc1C(C)C.CC(C)Oc1c(C(=O)[O-])cccc1C(C)C.CC(C)Oc1c(C(=O)[O-])cccc1C(C)C.CC(C)Oc1c(C(=O)[O-])cccc1C(C)C.CC(C)Oc1c(C(=O)[O-])cccc1C(C)C.[V+5]. The Hall–Kier alpha value is -6.97. The third-order valence-corrected chi connectivity index (χ3v) is 11.2. The molecule has 0 unspecified atom stereocenters. The standard InChI is InChI=1S/5C13H18O3.V/c5*1-8(2)10-6-5-7-11(13(14)15)12(10)16-9(3)4;/h5*5-9H,1-4H3,(H,14,15);/q;;;;;+5/p-5. The molecule has 0 N–H and O–H groups in total. The summed E-state index contributed by atoms with van der Waals surface area (Å²) in [4.78, 5) is 54.9. The van der Waals surface area contributed by atoms with E-state index in [9.17, 15) is 49.5 Å². The Morgan fingerprint density at radius 3 is 0.469 bits per heavy atom. The zero-order valence-corrected chi connectivity index (χ0v) is 52.4. The van der Waals surface area contributed by atoms with E-state index in [1.807, 2.05) is 169 Å². The van der Waals surface area contributed by atoms with Gasteiger partial charge in [-0.05, 0) is 157 Å². The number of aromatic carboxylic acids is 5. The van der Waals surface area contributed by atoms with Gasteiger partial charge in [-0.3, -0.25) is 0 Å². The molecule has 5 aromatic carbocycles. The Balaban J connectivity index is 0.000000985. The zero-order chi connectivity index (χ0) is 61.5. The molecule has 440 valence electrons. The maximum absolute atomic E-state index is 11.0. The van der Waals surface area contributed by atoms with Gasteiger partial charge in [-0.2, -0.15) is 0 Å². The molecule has 0 fully saturated rings. The predicted molar refractivity (Wildman–Crippen MR) is 303 cm³/mol. The molecular weight excluding hydrogens is 1070 g/mol. The van der Waals surface area contributed by atoms with Gasteiger partial charge in [0.2, 0.25) is 0 Å². The van der Waals surface area contributed by atoms with Gasteiger partial charge in [0.05, 0.1) is 60.4 Å². The van der Waals surface area contributed by atoms with Gasteiger partial charge in [-0.25, -0.2) is 0 Å². The van der Waals surface area contributed by atoms with Gasteiger partial charge in [0.15, 0.2) is 0 Å². The van der Waals surface area contributed by atoms with E-state index in [2.05, 4.69) is 0 Å². The van der Waals surface area contributed by atoms with E-state index in [-0.39, 0.29) is 106 Å². The first-order valence-corrected chi connectivity index (χ1v) is 27.2. The normalized spacial score (nSPS) is 10.7. The van der Waals surface area contributed by atoms with E-state index in [1.54, 1.807) is 30.3 Å². The van der Waals surface area contributed by atoms with Crippen molar-refractivity contribution in [3.63, 3.8) is 0 Å². The number of hydrogen-bond donors (Lipinski definition) is 0. The number of carbonyl (C=O) groups is 5. The van der Waals surface area contributed by atoms with Crippen LogP contribution in [0.25, 0.3) is 0 Å². The van der Waals surface area contributed by atoms with E-state index < -0.39 is 29.8 Å². The minimum atomic E-state index is -1.20. The van der Waals surface area contributed by atoms with Gasteiger partial charge in [0.1, 0.15) is 28.7 Å². The largest absolute Gasteiger partial charge is 5.00 e. The second kappa shape index (κ2) is 35.7. The van der Waals surface area contributed by atoms with E-state index in [0.717, 1.165) is 27.8 Å². The molecule has 0 amide bonds. The van der Waals surface area contributed by atoms with Crippen LogP contribution < -0.4 is 49.2 Å². The van der Waals surface area contributed by atoms with Gasteiger partial charge < -0.3 is 73.2 Å². The second-order valence-corrected chi connectivity index (χ2v) is 21.7. The summed E-state index contributed by atoms with van der Waals surface area (Å²) in [6.45, 7) is 38.7. The summed E-state index contributed by atoms with van der Waals surface area (Å²) in [5.41, 5.74) is 5.12. The van der Waals surface area contributed by atoms with Crippen LogP contribution in [0.5, 0.6) is 28.7 Å². The molecule has 0 atom stereocenters. The summed E-state index contributed by atoms with van der Waals surface area (Å²) in [6, 6.07) is 25.6. The van der Waals surface area contributed by atoms with Gasteiger partial charge in [-0.1, -0.05) is 130 Å². The monoisotopic (exact) mass is 1160 g/mol. The molecule has 0 aliphatic rings. The Bertz CT molecular complexity index is 2350. The summed E-state index contributed by atoms with van der Waals surface area (Å²) in [7, 11) is 0. The van der Waals surface area contributed by atoms with Crippen molar-refractivity contribution in [1.29, 1.82) is 0 Å². The Morgan fingerprint density at radius 1 is 0.259 bits per heavy atom. The Labute approximate surface area is 493 Å². The summed E-state index contributed by atoms with van der Waals surface area (Å²) in [6.07, 6.45) is -0.287. The average Bonchev–Trinajstić information content (AvgIpc) is 3.33. The molecule has 0 aliphatic carbocycles. The van der Waals surface area contributed by atoms with Crippen molar-refractivity contribution in [2.45, 2.75) is 199 Å². The van der Waals surface area contributed by atoms with Gasteiger partial charge in [0, 0.05) is 27.8 Å². The summed E-state index contributed by atoms with van der Waals surface area (Å²) in [5, 5.41) is 54.9. The van der Waals surface area contributed by atoms with Crippen LogP contribution in [0.2, 0.25) is 0 Å². The van der Waals surface area contributed by atoms with Gasteiger partial charge in [0.25, 0.3) is 0 Å². The van der Waals surface area contributed by atoms with Crippen LogP contribution >= 0.6 is 0 Å². The quantitative estimate of drug-likeness (QED) is 0.0703. The molecule has 0 heterocycles.